The highest BCUT2D eigenvalue weighted by Gasteiger charge is 2.52. The molecule has 2 N–H and O–H groups in total. The average Bonchev–Trinajstić information content (AvgIpc) is 3.02. The number of esters is 1. The molecule has 1 saturated heterocycles. The van der Waals surface area contributed by atoms with Crippen LogP contribution >= 0.6 is 0 Å². The van der Waals surface area contributed by atoms with Gasteiger partial charge in [0.05, 0.1) is 18.3 Å². The van der Waals surface area contributed by atoms with E-state index in [1.54, 1.807) is 12.1 Å². The van der Waals surface area contributed by atoms with Gasteiger partial charge in [-0.25, -0.2) is 9.59 Å². The maximum atomic E-state index is 12.3. The van der Waals surface area contributed by atoms with E-state index in [0.717, 1.165) is 5.56 Å². The molecule has 1 amide bonds. The normalized spacial score (nSPS) is 16.7. The maximum Gasteiger partial charge on any atom is 0.492 e. The van der Waals surface area contributed by atoms with E-state index < -0.39 is 30.4 Å². The fraction of sp³-hybridized carbons (Fsp3) is 0.360. The first-order chi connectivity index (χ1) is 16.0. The van der Waals surface area contributed by atoms with Crippen LogP contribution in [0.25, 0.3) is 6.08 Å². The van der Waals surface area contributed by atoms with Gasteiger partial charge in [-0.2, -0.15) is 0 Å². The molecule has 0 spiro atoms. The van der Waals surface area contributed by atoms with Crippen molar-refractivity contribution in [3.8, 4) is 5.75 Å². The van der Waals surface area contributed by atoms with Crippen molar-refractivity contribution in [1.82, 2.24) is 5.32 Å². The first-order valence-corrected chi connectivity index (χ1v) is 10.9. The third-order valence-corrected chi connectivity index (χ3v) is 5.98. The predicted molar refractivity (Wildman–Crippen MR) is 128 cm³/mol. The molecule has 1 aliphatic heterocycles. The zero-order chi connectivity index (χ0) is 24.9. The predicted octanol–water partition coefficient (Wildman–Crippen LogP) is 4.12. The third-order valence-electron chi connectivity index (χ3n) is 5.98. The van der Waals surface area contributed by atoms with Crippen LogP contribution in [-0.2, 0) is 25.4 Å². The number of alkyl carbamates (subject to hydrolysis) is 1. The molecule has 0 bridgehead atoms. The number of benzene rings is 2. The molecule has 1 aliphatic rings. The van der Waals surface area contributed by atoms with Gasteiger partial charge in [-0.15, -0.1) is 0 Å². The van der Waals surface area contributed by atoms with Crippen LogP contribution < -0.4 is 5.32 Å². The number of methoxy groups -OCH3 is 1. The quantitative estimate of drug-likeness (QED) is 0.467. The number of hydrogen-bond acceptors (Lipinski definition) is 7. The summed E-state index contributed by atoms with van der Waals surface area (Å²) in [7, 11) is 0.510. The SMILES string of the molecule is COC(=O)c1ccc(C=C(CNC(=O)OCc2ccccc2)B2OC(C)(C)C(C)(C)O2)cc1O. The fourth-order valence-corrected chi connectivity index (χ4v) is 3.28. The van der Waals surface area contributed by atoms with Gasteiger partial charge in [0.2, 0.25) is 0 Å². The lowest BCUT2D eigenvalue weighted by molar-refractivity contribution is 0.00578. The van der Waals surface area contributed by atoms with Crippen LogP contribution in [0.4, 0.5) is 4.79 Å². The molecule has 0 aliphatic carbocycles. The summed E-state index contributed by atoms with van der Waals surface area (Å²) in [5, 5.41) is 13.0. The standard InChI is InChI=1S/C25H30BNO7/c1-24(2)25(3,4)34-26(33-24)19(13-18-11-12-20(21(28)14-18)22(29)31-5)15-27-23(30)32-16-17-9-7-6-8-10-17/h6-14,28H,15-16H2,1-5H3,(H,27,30). The minimum Gasteiger partial charge on any atom is -0.507 e. The topological polar surface area (TPSA) is 103 Å². The summed E-state index contributed by atoms with van der Waals surface area (Å²) in [5.41, 5.74) is 0.970. The highest BCUT2D eigenvalue weighted by molar-refractivity contribution is 6.56. The fourth-order valence-electron chi connectivity index (χ4n) is 3.28. The lowest BCUT2D eigenvalue weighted by atomic mass is 9.77. The number of rotatable bonds is 7. The molecule has 2 aromatic rings. The summed E-state index contributed by atoms with van der Waals surface area (Å²) in [6.45, 7) is 7.97. The van der Waals surface area contributed by atoms with Crippen molar-refractivity contribution in [2.45, 2.75) is 45.5 Å². The van der Waals surface area contributed by atoms with Crippen molar-refractivity contribution >= 4 is 25.3 Å². The first-order valence-electron chi connectivity index (χ1n) is 10.9. The molecule has 1 heterocycles. The second-order valence-corrected chi connectivity index (χ2v) is 8.99. The van der Waals surface area contributed by atoms with Crippen LogP contribution in [0.2, 0.25) is 0 Å². The number of nitrogens with one attached hydrogen (secondary N) is 1. The van der Waals surface area contributed by atoms with Gasteiger partial charge in [-0.05, 0) is 56.4 Å². The molecule has 3 rings (SSSR count). The zero-order valence-corrected chi connectivity index (χ0v) is 20.1. The monoisotopic (exact) mass is 467 g/mol. The Bertz CT molecular complexity index is 1050. The van der Waals surface area contributed by atoms with E-state index in [4.69, 9.17) is 14.0 Å². The van der Waals surface area contributed by atoms with Gasteiger partial charge in [0.25, 0.3) is 0 Å². The minimum atomic E-state index is -0.734. The molecule has 0 aromatic heterocycles. The maximum absolute atomic E-state index is 12.3. The first kappa shape index (κ1) is 25.3. The molecule has 180 valence electrons. The number of hydrogen-bond donors (Lipinski definition) is 2. The van der Waals surface area contributed by atoms with Crippen molar-refractivity contribution in [1.29, 1.82) is 0 Å². The highest BCUT2D eigenvalue weighted by atomic mass is 16.7. The van der Waals surface area contributed by atoms with E-state index in [1.165, 1.54) is 19.2 Å². The summed E-state index contributed by atoms with van der Waals surface area (Å²) >= 11 is 0. The molecule has 0 unspecified atom stereocenters. The number of phenolic OH excluding ortho intramolecular Hbond substituents is 1. The summed E-state index contributed by atoms with van der Waals surface area (Å²) in [4.78, 5) is 24.1. The van der Waals surface area contributed by atoms with Crippen molar-refractivity contribution in [3.63, 3.8) is 0 Å². The summed E-state index contributed by atoms with van der Waals surface area (Å²) in [5.74, 6) is -0.855. The van der Waals surface area contributed by atoms with Gasteiger partial charge in [0.15, 0.2) is 0 Å². The Hall–Kier alpha value is -3.30. The summed E-state index contributed by atoms with van der Waals surface area (Å²) in [6, 6.07) is 13.9. The number of carbonyl (C=O) groups is 2. The second-order valence-electron chi connectivity index (χ2n) is 8.99. The van der Waals surface area contributed by atoms with E-state index in [1.807, 2.05) is 58.0 Å². The van der Waals surface area contributed by atoms with Crippen LogP contribution in [0.1, 0.15) is 49.2 Å². The molecule has 8 nitrogen and oxygen atoms in total. The van der Waals surface area contributed by atoms with Crippen molar-refractivity contribution in [2.75, 3.05) is 13.7 Å². The number of aromatic hydroxyl groups is 1. The van der Waals surface area contributed by atoms with Gasteiger partial charge in [-0.3, -0.25) is 0 Å². The Kier molecular flexibility index (Phi) is 7.69. The second kappa shape index (κ2) is 10.3. The zero-order valence-electron chi connectivity index (χ0n) is 20.1. The van der Waals surface area contributed by atoms with Crippen molar-refractivity contribution in [3.05, 3.63) is 70.7 Å². The molecule has 0 saturated carbocycles. The Morgan fingerprint density at radius 2 is 1.71 bits per heavy atom. The smallest absolute Gasteiger partial charge is 0.492 e. The molecule has 1 fully saturated rings. The third kappa shape index (κ3) is 5.98. The Morgan fingerprint density at radius 1 is 1.06 bits per heavy atom. The summed E-state index contributed by atoms with van der Waals surface area (Å²) in [6.07, 6.45) is 1.15. The Balaban J connectivity index is 1.78. The molecular formula is C25H30BNO7. The van der Waals surface area contributed by atoms with E-state index in [2.05, 4.69) is 10.1 Å². The lowest BCUT2D eigenvalue weighted by Crippen LogP contribution is -2.41. The molecule has 34 heavy (non-hydrogen) atoms. The average molecular weight is 467 g/mol. The molecule has 0 radical (unpaired) electrons. The van der Waals surface area contributed by atoms with Gasteiger partial charge in [0, 0.05) is 6.54 Å². The van der Waals surface area contributed by atoms with Crippen molar-refractivity contribution in [2.24, 2.45) is 0 Å². The Labute approximate surface area is 200 Å². The van der Waals surface area contributed by atoms with E-state index in [-0.39, 0.29) is 24.5 Å². The number of ether oxygens (including phenoxy) is 2. The minimum absolute atomic E-state index is 0.0550. The van der Waals surface area contributed by atoms with Crippen LogP contribution in [0.15, 0.2) is 54.0 Å². The number of amides is 1. The molecule has 2 aromatic carbocycles. The Morgan fingerprint density at radius 3 is 2.29 bits per heavy atom. The lowest BCUT2D eigenvalue weighted by Gasteiger charge is -2.32. The molecule has 9 heteroatoms. The van der Waals surface area contributed by atoms with Gasteiger partial charge in [0.1, 0.15) is 17.9 Å². The van der Waals surface area contributed by atoms with Gasteiger partial charge < -0.3 is 29.2 Å². The van der Waals surface area contributed by atoms with Gasteiger partial charge in [-0.1, -0.05) is 42.5 Å². The van der Waals surface area contributed by atoms with E-state index in [9.17, 15) is 14.7 Å². The largest absolute Gasteiger partial charge is 0.507 e. The van der Waals surface area contributed by atoms with E-state index >= 15 is 0 Å². The van der Waals surface area contributed by atoms with Crippen molar-refractivity contribution < 1.29 is 33.5 Å². The summed E-state index contributed by atoms with van der Waals surface area (Å²) < 4.78 is 22.3. The molecular weight excluding hydrogens is 437 g/mol. The van der Waals surface area contributed by atoms with Crippen LogP contribution in [0, 0.1) is 0 Å². The molecule has 0 atom stereocenters. The van der Waals surface area contributed by atoms with Crippen LogP contribution in [0.5, 0.6) is 5.75 Å². The van der Waals surface area contributed by atoms with Gasteiger partial charge >= 0.3 is 19.2 Å². The number of phenols is 1. The van der Waals surface area contributed by atoms with Crippen LogP contribution in [0.3, 0.4) is 0 Å². The highest BCUT2D eigenvalue weighted by Crippen LogP contribution is 2.39. The number of carbonyl (C=O) groups excluding carboxylic acids is 2. The van der Waals surface area contributed by atoms with Crippen LogP contribution in [-0.4, -0.2) is 49.1 Å². The van der Waals surface area contributed by atoms with E-state index in [0.29, 0.717) is 11.0 Å².